The van der Waals surface area contributed by atoms with Gasteiger partial charge in [-0.25, -0.2) is 0 Å². The van der Waals surface area contributed by atoms with Crippen LogP contribution >= 0.6 is 0 Å². The van der Waals surface area contributed by atoms with E-state index < -0.39 is 0 Å². The monoisotopic (exact) mass is 232 g/mol. The average Bonchev–Trinajstić information content (AvgIpc) is 2.69. The van der Waals surface area contributed by atoms with Crippen molar-refractivity contribution in [1.29, 1.82) is 0 Å². The van der Waals surface area contributed by atoms with E-state index in [2.05, 4.69) is 5.32 Å². The number of benzene rings is 1. The third-order valence-corrected chi connectivity index (χ3v) is 3.73. The normalized spacial score (nSPS) is 21.5. The molecular formula is C13H16N2O2. The lowest BCUT2D eigenvalue weighted by molar-refractivity contribution is 0.0890. The standard InChI is InChI=1S/C13H16N2O2/c14-9-4-3-5-10-11(9)12(16)15-13(8-17-10)6-1-2-7-13/h3-5H,1-2,6-8,14H2,(H,15,16). The highest BCUT2D eigenvalue weighted by Gasteiger charge is 2.39. The van der Waals surface area contributed by atoms with Gasteiger partial charge in [0, 0.05) is 5.69 Å². The van der Waals surface area contributed by atoms with E-state index in [1.54, 1.807) is 12.1 Å². The second kappa shape index (κ2) is 3.65. The Morgan fingerprint density at radius 3 is 2.82 bits per heavy atom. The highest BCUT2D eigenvalue weighted by molar-refractivity contribution is 6.02. The first kappa shape index (κ1) is 10.4. The highest BCUT2D eigenvalue weighted by atomic mass is 16.5. The Labute approximate surface area is 100 Å². The number of anilines is 1. The summed E-state index contributed by atoms with van der Waals surface area (Å²) in [6.45, 7) is 0.551. The molecule has 0 aromatic heterocycles. The molecule has 1 amide bonds. The Kier molecular flexibility index (Phi) is 2.24. The maximum Gasteiger partial charge on any atom is 0.257 e. The molecule has 4 nitrogen and oxygen atoms in total. The number of rotatable bonds is 0. The molecule has 1 aliphatic heterocycles. The van der Waals surface area contributed by atoms with Crippen LogP contribution in [0.25, 0.3) is 0 Å². The third kappa shape index (κ3) is 1.64. The average molecular weight is 232 g/mol. The number of carbonyl (C=O) groups is 1. The van der Waals surface area contributed by atoms with E-state index in [0.29, 0.717) is 23.6 Å². The molecule has 1 spiro atoms. The number of amides is 1. The zero-order valence-electron chi connectivity index (χ0n) is 9.66. The zero-order valence-corrected chi connectivity index (χ0v) is 9.66. The van der Waals surface area contributed by atoms with Crippen LogP contribution in [0.5, 0.6) is 5.75 Å². The lowest BCUT2D eigenvalue weighted by Crippen LogP contribution is -2.49. The Morgan fingerprint density at radius 1 is 1.29 bits per heavy atom. The second-order valence-electron chi connectivity index (χ2n) is 4.95. The summed E-state index contributed by atoms with van der Waals surface area (Å²) >= 11 is 0. The number of nitrogens with two attached hydrogens (primary N) is 1. The minimum atomic E-state index is -0.178. The van der Waals surface area contributed by atoms with Crippen LogP contribution in [0.3, 0.4) is 0 Å². The molecule has 0 bridgehead atoms. The number of nitrogen functional groups attached to an aromatic ring is 1. The summed E-state index contributed by atoms with van der Waals surface area (Å²) in [7, 11) is 0. The summed E-state index contributed by atoms with van der Waals surface area (Å²) in [4.78, 5) is 12.2. The minimum absolute atomic E-state index is 0.0995. The Bertz CT molecular complexity index is 464. The molecule has 3 N–H and O–H groups in total. The van der Waals surface area contributed by atoms with Crippen LogP contribution in [0.2, 0.25) is 0 Å². The molecule has 1 fully saturated rings. The van der Waals surface area contributed by atoms with Crippen molar-refractivity contribution in [2.75, 3.05) is 12.3 Å². The zero-order chi connectivity index (χ0) is 11.9. The fourth-order valence-electron chi connectivity index (χ4n) is 2.79. The smallest absolute Gasteiger partial charge is 0.257 e. The predicted octanol–water partition coefficient (Wildman–Crippen LogP) is 1.70. The molecule has 1 aliphatic carbocycles. The number of ether oxygens (including phenoxy) is 1. The highest BCUT2D eigenvalue weighted by Crippen LogP contribution is 2.35. The molecule has 17 heavy (non-hydrogen) atoms. The van der Waals surface area contributed by atoms with Gasteiger partial charge in [0.05, 0.1) is 5.54 Å². The van der Waals surface area contributed by atoms with Crippen molar-refractivity contribution in [3.05, 3.63) is 23.8 Å². The van der Waals surface area contributed by atoms with E-state index >= 15 is 0 Å². The molecule has 1 heterocycles. The molecule has 2 aliphatic rings. The predicted molar refractivity (Wildman–Crippen MR) is 65.0 cm³/mol. The van der Waals surface area contributed by atoms with E-state index in [1.807, 2.05) is 6.07 Å². The Morgan fingerprint density at radius 2 is 2.06 bits per heavy atom. The molecule has 1 aromatic rings. The maximum atomic E-state index is 12.2. The van der Waals surface area contributed by atoms with E-state index in [-0.39, 0.29) is 11.4 Å². The lowest BCUT2D eigenvalue weighted by atomic mass is 9.99. The van der Waals surface area contributed by atoms with Gasteiger partial charge in [-0.05, 0) is 25.0 Å². The van der Waals surface area contributed by atoms with E-state index in [0.717, 1.165) is 25.7 Å². The van der Waals surface area contributed by atoms with Gasteiger partial charge in [-0.3, -0.25) is 4.79 Å². The van der Waals surface area contributed by atoms with Gasteiger partial charge in [0.15, 0.2) is 0 Å². The quantitative estimate of drug-likeness (QED) is 0.669. The third-order valence-electron chi connectivity index (χ3n) is 3.73. The molecule has 1 saturated carbocycles. The van der Waals surface area contributed by atoms with Gasteiger partial charge in [-0.2, -0.15) is 0 Å². The first-order chi connectivity index (χ1) is 8.20. The van der Waals surface area contributed by atoms with Crippen molar-refractivity contribution in [2.24, 2.45) is 0 Å². The molecule has 1 aromatic carbocycles. The molecule has 4 heteroatoms. The van der Waals surface area contributed by atoms with Crippen LogP contribution in [-0.2, 0) is 0 Å². The molecule has 3 rings (SSSR count). The Balaban J connectivity index is 2.00. The Hall–Kier alpha value is -1.71. The fraction of sp³-hybridized carbons (Fsp3) is 0.462. The molecule has 0 unspecified atom stereocenters. The summed E-state index contributed by atoms with van der Waals surface area (Å²) < 4.78 is 5.77. The summed E-state index contributed by atoms with van der Waals surface area (Å²) in [6, 6.07) is 5.35. The molecule has 0 atom stereocenters. The van der Waals surface area contributed by atoms with Crippen molar-refractivity contribution in [1.82, 2.24) is 5.32 Å². The van der Waals surface area contributed by atoms with Crippen LogP contribution < -0.4 is 15.8 Å². The van der Waals surface area contributed by atoms with E-state index in [9.17, 15) is 4.79 Å². The molecule has 90 valence electrons. The van der Waals surface area contributed by atoms with Gasteiger partial charge in [0.2, 0.25) is 0 Å². The van der Waals surface area contributed by atoms with Crippen molar-refractivity contribution in [3.8, 4) is 5.75 Å². The SMILES string of the molecule is Nc1cccc2c1C(=O)NC1(CCCC1)CO2. The van der Waals surface area contributed by atoms with Crippen LogP contribution in [0.4, 0.5) is 5.69 Å². The number of fused-ring (bicyclic) bond motifs is 1. The molecular weight excluding hydrogens is 216 g/mol. The maximum absolute atomic E-state index is 12.2. The van der Waals surface area contributed by atoms with Crippen LogP contribution in [0, 0.1) is 0 Å². The lowest BCUT2D eigenvalue weighted by Gasteiger charge is -2.27. The summed E-state index contributed by atoms with van der Waals surface area (Å²) in [5, 5.41) is 3.11. The van der Waals surface area contributed by atoms with Gasteiger partial charge in [0.1, 0.15) is 17.9 Å². The number of hydrogen-bond acceptors (Lipinski definition) is 3. The topological polar surface area (TPSA) is 64.4 Å². The van der Waals surface area contributed by atoms with Crippen molar-refractivity contribution < 1.29 is 9.53 Å². The van der Waals surface area contributed by atoms with Crippen LogP contribution in [0.15, 0.2) is 18.2 Å². The second-order valence-corrected chi connectivity index (χ2v) is 4.95. The first-order valence-electron chi connectivity index (χ1n) is 6.04. The largest absolute Gasteiger partial charge is 0.490 e. The summed E-state index contributed by atoms with van der Waals surface area (Å²) in [6.07, 6.45) is 4.28. The fourth-order valence-corrected chi connectivity index (χ4v) is 2.79. The minimum Gasteiger partial charge on any atom is -0.490 e. The van der Waals surface area contributed by atoms with Gasteiger partial charge in [-0.1, -0.05) is 18.9 Å². The number of carbonyl (C=O) groups excluding carboxylic acids is 1. The summed E-state index contributed by atoms with van der Waals surface area (Å²) in [5.41, 5.74) is 6.63. The summed E-state index contributed by atoms with van der Waals surface area (Å²) in [5.74, 6) is 0.503. The van der Waals surface area contributed by atoms with Gasteiger partial charge in [0.25, 0.3) is 5.91 Å². The van der Waals surface area contributed by atoms with Crippen LogP contribution in [0.1, 0.15) is 36.0 Å². The van der Waals surface area contributed by atoms with Gasteiger partial charge < -0.3 is 15.8 Å². The number of nitrogens with one attached hydrogen (secondary N) is 1. The first-order valence-corrected chi connectivity index (χ1v) is 6.04. The van der Waals surface area contributed by atoms with Crippen LogP contribution in [-0.4, -0.2) is 18.1 Å². The van der Waals surface area contributed by atoms with Gasteiger partial charge in [-0.15, -0.1) is 0 Å². The number of hydrogen-bond donors (Lipinski definition) is 2. The van der Waals surface area contributed by atoms with Crippen molar-refractivity contribution >= 4 is 11.6 Å². The van der Waals surface area contributed by atoms with Crippen molar-refractivity contribution in [2.45, 2.75) is 31.2 Å². The van der Waals surface area contributed by atoms with E-state index in [1.165, 1.54) is 0 Å². The van der Waals surface area contributed by atoms with Gasteiger partial charge >= 0.3 is 0 Å². The van der Waals surface area contributed by atoms with Crippen molar-refractivity contribution in [3.63, 3.8) is 0 Å². The molecule has 0 saturated heterocycles. The molecule has 0 radical (unpaired) electrons. The van der Waals surface area contributed by atoms with E-state index in [4.69, 9.17) is 10.5 Å².